The van der Waals surface area contributed by atoms with Crippen LogP contribution in [0.15, 0.2) is 29.2 Å². The van der Waals surface area contributed by atoms with Crippen molar-refractivity contribution < 1.29 is 37.1 Å². The number of ether oxygens (including phenoxy) is 2. The third-order valence-corrected chi connectivity index (χ3v) is 6.79. The van der Waals surface area contributed by atoms with E-state index in [1.807, 2.05) is 0 Å². The van der Waals surface area contributed by atoms with E-state index in [-0.39, 0.29) is 43.0 Å². The molecule has 0 aliphatic carbocycles. The molecule has 1 aliphatic rings. The summed E-state index contributed by atoms with van der Waals surface area (Å²) in [5.41, 5.74) is -0.277. The van der Waals surface area contributed by atoms with Crippen LogP contribution in [0, 0.1) is 5.92 Å². The number of urea groups is 1. The lowest BCUT2D eigenvalue weighted by Gasteiger charge is -2.30. The molecule has 188 valence electrons. The number of nitrogens with one attached hydrogen (secondary N) is 2. The number of carbonyl (C=O) groups excluding carboxylic acids is 4. The fourth-order valence-corrected chi connectivity index (χ4v) is 4.72. The number of imide groups is 1. The van der Waals surface area contributed by atoms with Gasteiger partial charge in [0.05, 0.1) is 23.0 Å². The first-order chi connectivity index (χ1) is 15.8. The van der Waals surface area contributed by atoms with Gasteiger partial charge < -0.3 is 14.8 Å². The molecule has 11 nitrogen and oxygen atoms in total. The Morgan fingerprint density at radius 1 is 1.03 bits per heavy atom. The van der Waals surface area contributed by atoms with Crippen molar-refractivity contribution in [2.45, 2.75) is 51.0 Å². The molecule has 2 N–H and O–H groups in total. The maximum absolute atomic E-state index is 12.9. The summed E-state index contributed by atoms with van der Waals surface area (Å²) in [6, 6.07) is 4.78. The Kier molecular flexibility index (Phi) is 9.16. The van der Waals surface area contributed by atoms with Gasteiger partial charge in [-0.05, 0) is 64.8 Å². The molecular formula is C22H31N3O8S. The van der Waals surface area contributed by atoms with E-state index in [1.165, 1.54) is 28.6 Å². The van der Waals surface area contributed by atoms with Gasteiger partial charge in [-0.1, -0.05) is 0 Å². The Morgan fingerprint density at radius 2 is 1.62 bits per heavy atom. The summed E-state index contributed by atoms with van der Waals surface area (Å²) in [5, 5.41) is 4.63. The molecule has 1 saturated heterocycles. The van der Waals surface area contributed by atoms with Gasteiger partial charge in [0.1, 0.15) is 0 Å². The van der Waals surface area contributed by atoms with Crippen LogP contribution in [0.4, 0.5) is 4.79 Å². The highest BCUT2D eigenvalue weighted by molar-refractivity contribution is 7.89. The molecule has 0 radical (unpaired) electrons. The summed E-state index contributed by atoms with van der Waals surface area (Å²) in [4.78, 5) is 47.5. The van der Waals surface area contributed by atoms with Gasteiger partial charge >= 0.3 is 18.0 Å². The monoisotopic (exact) mass is 497 g/mol. The minimum Gasteiger partial charge on any atom is -0.462 e. The van der Waals surface area contributed by atoms with Crippen molar-refractivity contribution in [2.75, 3.05) is 26.3 Å². The van der Waals surface area contributed by atoms with Gasteiger partial charge in [-0.25, -0.2) is 18.0 Å². The molecule has 0 unspecified atom stereocenters. The van der Waals surface area contributed by atoms with Crippen LogP contribution in [0.5, 0.6) is 0 Å². The lowest BCUT2D eigenvalue weighted by Crippen LogP contribution is -2.49. The molecule has 0 aromatic heterocycles. The topological polar surface area (TPSA) is 148 Å². The predicted octanol–water partition coefficient (Wildman–Crippen LogP) is 1.43. The maximum atomic E-state index is 12.9. The number of benzene rings is 1. The first-order valence-corrected chi connectivity index (χ1v) is 12.3. The summed E-state index contributed by atoms with van der Waals surface area (Å²) in [7, 11) is -3.80. The van der Waals surface area contributed by atoms with E-state index in [1.54, 1.807) is 27.7 Å². The van der Waals surface area contributed by atoms with Crippen molar-refractivity contribution in [1.29, 1.82) is 0 Å². The van der Waals surface area contributed by atoms with E-state index in [2.05, 4.69) is 10.6 Å². The molecule has 34 heavy (non-hydrogen) atoms. The predicted molar refractivity (Wildman–Crippen MR) is 121 cm³/mol. The number of carbonyl (C=O) groups is 4. The van der Waals surface area contributed by atoms with Gasteiger partial charge in [0.2, 0.25) is 10.0 Å². The number of hydrogen-bond donors (Lipinski definition) is 2. The molecule has 1 fully saturated rings. The van der Waals surface area contributed by atoms with Crippen molar-refractivity contribution in [1.82, 2.24) is 14.9 Å². The number of hydrogen-bond acceptors (Lipinski definition) is 8. The second-order valence-corrected chi connectivity index (χ2v) is 10.7. The van der Waals surface area contributed by atoms with E-state index in [9.17, 15) is 27.6 Å². The summed E-state index contributed by atoms with van der Waals surface area (Å²) in [6.07, 6.45) is 0.455. The number of sulfonamides is 1. The molecule has 1 aliphatic heterocycles. The van der Waals surface area contributed by atoms with E-state index in [0.717, 1.165) is 0 Å². The normalized spacial score (nSPS) is 15.3. The maximum Gasteiger partial charge on any atom is 0.338 e. The Bertz CT molecular complexity index is 1010. The minimum atomic E-state index is -3.80. The molecule has 0 bridgehead atoms. The van der Waals surface area contributed by atoms with Gasteiger partial charge in [-0.3, -0.25) is 14.9 Å². The second kappa shape index (κ2) is 11.4. The summed E-state index contributed by atoms with van der Waals surface area (Å²) >= 11 is 0. The average molecular weight is 498 g/mol. The Hall–Kier alpha value is -2.99. The smallest absolute Gasteiger partial charge is 0.338 e. The molecule has 0 atom stereocenters. The number of piperidine rings is 1. The zero-order valence-electron chi connectivity index (χ0n) is 19.8. The molecule has 1 aromatic carbocycles. The quantitative estimate of drug-likeness (QED) is 0.538. The fraction of sp³-hybridized carbons (Fsp3) is 0.545. The van der Waals surface area contributed by atoms with Crippen molar-refractivity contribution in [3.8, 4) is 0 Å². The molecule has 0 spiro atoms. The molecule has 1 heterocycles. The molecule has 2 rings (SSSR count). The standard InChI is InChI=1S/C22H31N3O8S/c1-5-32-19(27)15-6-8-17(9-7-15)34(30,31)25-12-10-16(11-13-25)20(28)33-14-18(26)23-21(29)24-22(2,3)4/h6-9,16H,5,10-14H2,1-4H3,(H2,23,24,26,29). The van der Waals surface area contributed by atoms with Crippen LogP contribution in [0.2, 0.25) is 0 Å². The zero-order chi connectivity index (χ0) is 25.5. The third-order valence-electron chi connectivity index (χ3n) is 4.88. The SMILES string of the molecule is CCOC(=O)c1ccc(S(=O)(=O)N2CCC(C(=O)OCC(=O)NC(=O)NC(C)(C)C)CC2)cc1. The van der Waals surface area contributed by atoms with Crippen LogP contribution in [0.3, 0.4) is 0 Å². The molecule has 1 aromatic rings. The van der Waals surface area contributed by atoms with Crippen LogP contribution in [-0.4, -0.2) is 68.4 Å². The fourth-order valence-electron chi connectivity index (χ4n) is 3.25. The van der Waals surface area contributed by atoms with Crippen molar-refractivity contribution in [3.63, 3.8) is 0 Å². The Morgan fingerprint density at radius 3 is 2.15 bits per heavy atom. The molecular weight excluding hydrogens is 466 g/mol. The van der Waals surface area contributed by atoms with Crippen LogP contribution in [-0.2, 0) is 29.1 Å². The van der Waals surface area contributed by atoms with Gasteiger partial charge in [-0.15, -0.1) is 0 Å². The second-order valence-electron chi connectivity index (χ2n) is 8.78. The zero-order valence-corrected chi connectivity index (χ0v) is 20.6. The highest BCUT2D eigenvalue weighted by Gasteiger charge is 2.33. The summed E-state index contributed by atoms with van der Waals surface area (Å²) in [5.74, 6) is -2.48. The number of amides is 3. The van der Waals surface area contributed by atoms with Crippen LogP contribution >= 0.6 is 0 Å². The van der Waals surface area contributed by atoms with Crippen molar-refractivity contribution in [2.24, 2.45) is 5.92 Å². The number of rotatable bonds is 7. The highest BCUT2D eigenvalue weighted by atomic mass is 32.2. The lowest BCUT2D eigenvalue weighted by atomic mass is 9.98. The largest absolute Gasteiger partial charge is 0.462 e. The van der Waals surface area contributed by atoms with Crippen LogP contribution in [0.1, 0.15) is 50.9 Å². The van der Waals surface area contributed by atoms with Gasteiger partial charge in [0.25, 0.3) is 5.91 Å². The van der Waals surface area contributed by atoms with E-state index in [0.29, 0.717) is 0 Å². The van der Waals surface area contributed by atoms with Gasteiger partial charge in [-0.2, -0.15) is 4.31 Å². The minimum absolute atomic E-state index is 0.0341. The first-order valence-electron chi connectivity index (χ1n) is 10.9. The number of esters is 2. The average Bonchev–Trinajstić information content (AvgIpc) is 2.76. The van der Waals surface area contributed by atoms with E-state index >= 15 is 0 Å². The third kappa shape index (κ3) is 7.80. The number of nitrogens with zero attached hydrogens (tertiary/aromatic N) is 1. The Balaban J connectivity index is 1.85. The van der Waals surface area contributed by atoms with Gasteiger partial charge in [0, 0.05) is 18.6 Å². The molecule has 3 amide bonds. The summed E-state index contributed by atoms with van der Waals surface area (Å²) in [6.45, 7) is 6.74. The van der Waals surface area contributed by atoms with Gasteiger partial charge in [0.15, 0.2) is 6.61 Å². The van der Waals surface area contributed by atoms with E-state index in [4.69, 9.17) is 9.47 Å². The lowest BCUT2D eigenvalue weighted by molar-refractivity contribution is -0.153. The summed E-state index contributed by atoms with van der Waals surface area (Å²) < 4.78 is 36.9. The van der Waals surface area contributed by atoms with Crippen molar-refractivity contribution in [3.05, 3.63) is 29.8 Å². The van der Waals surface area contributed by atoms with E-state index < -0.39 is 52.0 Å². The molecule has 12 heteroatoms. The first kappa shape index (κ1) is 27.3. The van der Waals surface area contributed by atoms with Crippen LogP contribution < -0.4 is 10.6 Å². The Labute approximate surface area is 199 Å². The highest BCUT2D eigenvalue weighted by Crippen LogP contribution is 2.25. The van der Waals surface area contributed by atoms with Crippen LogP contribution in [0.25, 0.3) is 0 Å². The molecule has 0 saturated carbocycles. The van der Waals surface area contributed by atoms with Crippen molar-refractivity contribution >= 4 is 33.9 Å².